The first kappa shape index (κ1) is 15.8. The Hall–Kier alpha value is -2.61. The molecule has 0 unspecified atom stereocenters. The highest BCUT2D eigenvalue weighted by atomic mass is 32.1. The lowest BCUT2D eigenvalue weighted by Gasteiger charge is -2.11. The van der Waals surface area contributed by atoms with E-state index < -0.39 is 23.4 Å². The predicted molar refractivity (Wildman–Crippen MR) is 79.6 cm³/mol. The Balaban J connectivity index is 1.90. The van der Waals surface area contributed by atoms with Crippen LogP contribution in [0.5, 0.6) is 0 Å². The van der Waals surface area contributed by atoms with E-state index in [0.717, 1.165) is 12.1 Å². The monoisotopic (exact) mass is 325 g/mol. The van der Waals surface area contributed by atoms with Gasteiger partial charge in [0.2, 0.25) is 0 Å². The van der Waals surface area contributed by atoms with Crippen LogP contribution in [0, 0.1) is 17.5 Å². The molecule has 0 heterocycles. The Morgan fingerprint density at radius 3 is 2.05 bits per heavy atom. The van der Waals surface area contributed by atoms with Crippen molar-refractivity contribution in [1.29, 1.82) is 0 Å². The van der Waals surface area contributed by atoms with Gasteiger partial charge >= 0.3 is 0 Å². The summed E-state index contributed by atoms with van der Waals surface area (Å²) in [6.07, 6.45) is 0. The third kappa shape index (κ3) is 4.45. The average molecular weight is 325 g/mol. The molecule has 0 aliphatic carbocycles. The molecule has 0 atom stereocenters. The summed E-state index contributed by atoms with van der Waals surface area (Å²) in [5.41, 5.74) is 4.85. The van der Waals surface area contributed by atoms with Gasteiger partial charge in [-0.15, -0.1) is 0 Å². The molecule has 22 heavy (non-hydrogen) atoms. The Bertz CT molecular complexity index is 687. The molecule has 0 saturated heterocycles. The summed E-state index contributed by atoms with van der Waals surface area (Å²) in [6.45, 7) is 0. The third-order valence-electron chi connectivity index (χ3n) is 2.52. The van der Waals surface area contributed by atoms with E-state index in [-0.39, 0.29) is 10.7 Å². The summed E-state index contributed by atoms with van der Waals surface area (Å²) < 4.78 is 38.7. The highest BCUT2D eigenvalue weighted by Crippen LogP contribution is 2.08. The van der Waals surface area contributed by atoms with Crippen molar-refractivity contribution in [2.24, 2.45) is 0 Å². The zero-order valence-corrected chi connectivity index (χ0v) is 11.8. The molecular weight excluding hydrogens is 315 g/mol. The molecule has 0 aliphatic heterocycles. The van der Waals surface area contributed by atoms with Crippen LogP contribution in [-0.2, 0) is 0 Å². The lowest BCUT2D eigenvalue weighted by molar-refractivity contribution is 0.0943. The zero-order valence-electron chi connectivity index (χ0n) is 11.0. The smallest absolute Gasteiger partial charge is 0.269 e. The van der Waals surface area contributed by atoms with Gasteiger partial charge in [0.15, 0.2) is 5.11 Å². The van der Waals surface area contributed by atoms with Gasteiger partial charge in [0, 0.05) is 17.3 Å². The number of hydrogen-bond donors (Lipinski definition) is 3. The molecule has 114 valence electrons. The minimum Gasteiger partial charge on any atom is -0.331 e. The van der Waals surface area contributed by atoms with Gasteiger partial charge in [-0.05, 0) is 48.6 Å². The summed E-state index contributed by atoms with van der Waals surface area (Å²) in [5.74, 6) is -2.89. The predicted octanol–water partition coefficient (Wildman–Crippen LogP) is 2.74. The lowest BCUT2D eigenvalue weighted by Crippen LogP contribution is -2.43. The Morgan fingerprint density at radius 2 is 1.45 bits per heavy atom. The first-order valence-electron chi connectivity index (χ1n) is 6.03. The number of halogens is 3. The van der Waals surface area contributed by atoms with E-state index in [2.05, 4.69) is 16.2 Å². The number of hydrazine groups is 1. The summed E-state index contributed by atoms with van der Waals surface area (Å²) in [5, 5.41) is 2.71. The topological polar surface area (TPSA) is 53.2 Å². The van der Waals surface area contributed by atoms with Crippen molar-refractivity contribution in [3.05, 3.63) is 65.5 Å². The van der Waals surface area contributed by atoms with Gasteiger partial charge in [0.1, 0.15) is 17.5 Å². The third-order valence-corrected chi connectivity index (χ3v) is 2.72. The molecule has 0 radical (unpaired) electrons. The maximum atomic E-state index is 13.0. The molecule has 0 fully saturated rings. The van der Waals surface area contributed by atoms with E-state index in [1.165, 1.54) is 24.3 Å². The second kappa shape index (κ2) is 6.90. The van der Waals surface area contributed by atoms with E-state index >= 15 is 0 Å². The number of anilines is 1. The first-order valence-corrected chi connectivity index (χ1v) is 6.44. The largest absolute Gasteiger partial charge is 0.331 e. The standard InChI is InChI=1S/C14H10F3N3OS/c15-9-1-3-12(4-2-9)18-14(22)20-19-13(21)8-5-10(16)7-11(17)6-8/h1-7H,(H,19,21)(H2,18,20,22). The van der Waals surface area contributed by atoms with Gasteiger partial charge in [0.25, 0.3) is 5.91 Å². The van der Waals surface area contributed by atoms with Gasteiger partial charge in [-0.3, -0.25) is 15.6 Å². The molecule has 0 aromatic heterocycles. The highest BCUT2D eigenvalue weighted by Gasteiger charge is 2.09. The van der Waals surface area contributed by atoms with Crippen LogP contribution in [0.25, 0.3) is 0 Å². The van der Waals surface area contributed by atoms with E-state index in [0.29, 0.717) is 11.8 Å². The van der Waals surface area contributed by atoms with Crippen molar-refractivity contribution in [3.8, 4) is 0 Å². The molecule has 1 amide bonds. The van der Waals surface area contributed by atoms with Crippen LogP contribution in [0.4, 0.5) is 18.9 Å². The van der Waals surface area contributed by atoms with Crippen LogP contribution in [0.1, 0.15) is 10.4 Å². The molecule has 0 saturated carbocycles. The highest BCUT2D eigenvalue weighted by molar-refractivity contribution is 7.80. The average Bonchev–Trinajstić information content (AvgIpc) is 2.46. The number of amides is 1. The lowest BCUT2D eigenvalue weighted by atomic mass is 10.2. The van der Waals surface area contributed by atoms with Crippen molar-refractivity contribution in [1.82, 2.24) is 10.9 Å². The molecule has 3 N–H and O–H groups in total. The van der Waals surface area contributed by atoms with E-state index in [9.17, 15) is 18.0 Å². The quantitative estimate of drug-likeness (QED) is 0.587. The van der Waals surface area contributed by atoms with Gasteiger partial charge < -0.3 is 5.32 Å². The number of carbonyl (C=O) groups excluding carboxylic acids is 1. The Morgan fingerprint density at radius 1 is 0.864 bits per heavy atom. The summed E-state index contributed by atoms with van der Waals surface area (Å²) in [6, 6.07) is 7.80. The fraction of sp³-hybridized carbons (Fsp3) is 0. The molecular formula is C14H10F3N3OS. The number of nitrogens with one attached hydrogen (secondary N) is 3. The molecule has 2 rings (SSSR count). The van der Waals surface area contributed by atoms with Crippen molar-refractivity contribution in [2.45, 2.75) is 0 Å². The van der Waals surface area contributed by atoms with E-state index in [4.69, 9.17) is 12.2 Å². The zero-order chi connectivity index (χ0) is 16.1. The van der Waals surface area contributed by atoms with Crippen LogP contribution in [0.3, 0.4) is 0 Å². The first-order chi connectivity index (χ1) is 10.4. The van der Waals surface area contributed by atoms with Crippen molar-refractivity contribution < 1.29 is 18.0 Å². The summed E-state index contributed by atoms with van der Waals surface area (Å²) in [4.78, 5) is 11.7. The maximum Gasteiger partial charge on any atom is 0.269 e. The van der Waals surface area contributed by atoms with Crippen LogP contribution in [0.15, 0.2) is 42.5 Å². The number of carbonyl (C=O) groups is 1. The fourth-order valence-electron chi connectivity index (χ4n) is 1.57. The second-order valence-corrected chi connectivity index (χ2v) is 4.61. The SMILES string of the molecule is O=C(NNC(=S)Nc1ccc(F)cc1)c1cc(F)cc(F)c1. The molecule has 0 spiro atoms. The van der Waals surface area contributed by atoms with E-state index in [1.807, 2.05) is 0 Å². The van der Waals surface area contributed by atoms with Crippen LogP contribution >= 0.6 is 12.2 Å². The van der Waals surface area contributed by atoms with E-state index in [1.54, 1.807) is 0 Å². The molecule has 8 heteroatoms. The van der Waals surface area contributed by atoms with Gasteiger partial charge in [-0.1, -0.05) is 0 Å². The maximum absolute atomic E-state index is 13.0. The van der Waals surface area contributed by atoms with Gasteiger partial charge in [-0.2, -0.15) is 0 Å². The van der Waals surface area contributed by atoms with Crippen LogP contribution in [0.2, 0.25) is 0 Å². The number of benzene rings is 2. The van der Waals surface area contributed by atoms with Gasteiger partial charge in [0.05, 0.1) is 0 Å². The minimum atomic E-state index is -0.864. The number of hydrogen-bond acceptors (Lipinski definition) is 2. The summed E-state index contributed by atoms with van der Waals surface area (Å²) >= 11 is 4.91. The van der Waals surface area contributed by atoms with Crippen molar-refractivity contribution in [2.75, 3.05) is 5.32 Å². The minimum absolute atomic E-state index is 0.0248. The Labute approximate surface area is 129 Å². The molecule has 0 aliphatic rings. The van der Waals surface area contributed by atoms with Crippen molar-refractivity contribution in [3.63, 3.8) is 0 Å². The number of thiocarbonyl (C=S) groups is 1. The molecule has 4 nitrogen and oxygen atoms in total. The number of rotatable bonds is 2. The summed E-state index contributed by atoms with van der Waals surface area (Å²) in [7, 11) is 0. The van der Waals surface area contributed by atoms with Crippen molar-refractivity contribution >= 4 is 28.9 Å². The van der Waals surface area contributed by atoms with Gasteiger partial charge in [-0.25, -0.2) is 13.2 Å². The molecule has 0 bridgehead atoms. The Kier molecular flexibility index (Phi) is 4.95. The fourth-order valence-corrected chi connectivity index (χ4v) is 1.74. The normalized spacial score (nSPS) is 9.95. The van der Waals surface area contributed by atoms with Crippen LogP contribution < -0.4 is 16.2 Å². The molecule has 2 aromatic carbocycles. The molecule has 2 aromatic rings. The second-order valence-electron chi connectivity index (χ2n) is 4.20. The van der Waals surface area contributed by atoms with Crippen LogP contribution in [-0.4, -0.2) is 11.0 Å².